The summed E-state index contributed by atoms with van der Waals surface area (Å²) in [7, 11) is 0. The summed E-state index contributed by atoms with van der Waals surface area (Å²) in [5, 5.41) is 4.53. The lowest BCUT2D eigenvalue weighted by molar-refractivity contribution is -0.117. The molecule has 1 amide bonds. The number of halogens is 2. The zero-order chi connectivity index (χ0) is 21.6. The fourth-order valence-electron chi connectivity index (χ4n) is 5.61. The Kier molecular flexibility index (Phi) is 5.19. The van der Waals surface area contributed by atoms with Crippen LogP contribution in [-0.4, -0.2) is 35.4 Å². The van der Waals surface area contributed by atoms with Gasteiger partial charge in [-0.05, 0) is 84.2 Å². The second kappa shape index (κ2) is 7.88. The van der Waals surface area contributed by atoms with Gasteiger partial charge in [0.15, 0.2) is 0 Å². The molecule has 31 heavy (non-hydrogen) atoms. The topological polar surface area (TPSA) is 45.2 Å². The molecule has 0 radical (unpaired) electrons. The van der Waals surface area contributed by atoms with E-state index >= 15 is 0 Å². The number of fused-ring (bicyclic) bond motifs is 2. The number of anilines is 1. The fraction of sp³-hybridized carbons (Fsp3) is 0.360. The molecule has 6 heteroatoms. The Morgan fingerprint density at radius 1 is 1.26 bits per heavy atom. The number of rotatable bonds is 4. The van der Waals surface area contributed by atoms with Gasteiger partial charge in [0.25, 0.3) is 0 Å². The van der Waals surface area contributed by atoms with Crippen molar-refractivity contribution in [2.75, 3.05) is 25.0 Å². The minimum Gasteiger partial charge on any atom is -0.325 e. The molecule has 0 bridgehead atoms. The first-order chi connectivity index (χ1) is 14.9. The average molecular weight is 438 g/mol. The van der Waals surface area contributed by atoms with Gasteiger partial charge in [0, 0.05) is 35.4 Å². The smallest absolute Gasteiger partial charge is 0.238 e. The van der Waals surface area contributed by atoms with E-state index in [0.29, 0.717) is 23.4 Å². The zero-order valence-electron chi connectivity index (χ0n) is 17.4. The van der Waals surface area contributed by atoms with E-state index in [-0.39, 0.29) is 17.1 Å². The molecule has 5 rings (SSSR count). The Morgan fingerprint density at radius 3 is 2.84 bits per heavy atom. The van der Waals surface area contributed by atoms with E-state index in [1.165, 1.54) is 11.6 Å². The molecule has 160 valence electrons. The van der Waals surface area contributed by atoms with Gasteiger partial charge >= 0.3 is 0 Å². The lowest BCUT2D eigenvalue weighted by atomic mass is 9.82. The predicted octanol–water partition coefficient (Wildman–Crippen LogP) is 5.48. The quantitative estimate of drug-likeness (QED) is 0.587. The van der Waals surface area contributed by atoms with Crippen molar-refractivity contribution in [1.29, 1.82) is 0 Å². The number of amides is 1. The van der Waals surface area contributed by atoms with Crippen molar-refractivity contribution in [2.45, 2.75) is 25.7 Å². The van der Waals surface area contributed by atoms with Crippen LogP contribution in [0.1, 0.15) is 31.2 Å². The van der Waals surface area contributed by atoms with Crippen LogP contribution < -0.4 is 5.32 Å². The van der Waals surface area contributed by atoms with Gasteiger partial charge in [0.1, 0.15) is 5.82 Å². The summed E-state index contributed by atoms with van der Waals surface area (Å²) < 4.78 is 13.9. The first-order valence-electron chi connectivity index (χ1n) is 10.7. The molecular weight excluding hydrogens is 413 g/mol. The minimum absolute atomic E-state index is 0.00181. The molecular formula is C25H25ClFN3O. The number of aromatic nitrogens is 1. The maximum Gasteiger partial charge on any atom is 0.238 e. The third-order valence-electron chi connectivity index (χ3n) is 7.00. The number of hydrogen-bond donors (Lipinski definition) is 1. The summed E-state index contributed by atoms with van der Waals surface area (Å²) in [6, 6.07) is 14.1. The van der Waals surface area contributed by atoms with Crippen molar-refractivity contribution in [3.05, 3.63) is 71.1 Å². The Hall–Kier alpha value is -2.50. The van der Waals surface area contributed by atoms with Gasteiger partial charge in [-0.3, -0.25) is 14.7 Å². The van der Waals surface area contributed by atoms with Crippen LogP contribution in [0.5, 0.6) is 0 Å². The maximum atomic E-state index is 13.9. The standard InChI is InChI=1S/C25H25ClFN3O/c1-25-12-16(21-8-9-28-23-7-4-19(27)11-22(21)23)10-17(25)13-30(15-25)14-24(31)29-20-5-2-18(26)3-6-20/h2-9,11,16-17H,10,12-15H2,1H3,(H,29,31)/t16-,17?,25+/m0/s1. The first-order valence-corrected chi connectivity index (χ1v) is 11.1. The van der Waals surface area contributed by atoms with E-state index in [9.17, 15) is 9.18 Å². The van der Waals surface area contributed by atoms with Gasteiger partial charge < -0.3 is 5.32 Å². The average Bonchev–Trinajstić information content (AvgIpc) is 3.20. The fourth-order valence-corrected chi connectivity index (χ4v) is 5.73. The molecule has 1 aliphatic heterocycles. The molecule has 1 aromatic heterocycles. The van der Waals surface area contributed by atoms with Gasteiger partial charge in [0.05, 0.1) is 12.1 Å². The number of benzene rings is 2. The Labute approximate surface area is 186 Å². The van der Waals surface area contributed by atoms with E-state index in [0.717, 1.165) is 42.5 Å². The first kappa shape index (κ1) is 20.4. The molecule has 1 N–H and O–H groups in total. The molecule has 3 atom stereocenters. The van der Waals surface area contributed by atoms with E-state index in [2.05, 4.69) is 22.1 Å². The molecule has 1 saturated carbocycles. The number of pyridine rings is 1. The molecule has 3 aromatic rings. The number of carbonyl (C=O) groups excluding carboxylic acids is 1. The lowest BCUT2D eigenvalue weighted by Crippen LogP contribution is -2.33. The van der Waals surface area contributed by atoms with Crippen molar-refractivity contribution < 1.29 is 9.18 Å². The summed E-state index contributed by atoms with van der Waals surface area (Å²) in [5.41, 5.74) is 2.97. The van der Waals surface area contributed by atoms with Crippen LogP contribution in [0.4, 0.5) is 10.1 Å². The number of nitrogens with one attached hydrogen (secondary N) is 1. The summed E-state index contributed by atoms with van der Waals surface area (Å²) in [6.07, 6.45) is 3.93. The van der Waals surface area contributed by atoms with Crippen LogP contribution in [0.3, 0.4) is 0 Å². The molecule has 4 nitrogen and oxygen atoms in total. The summed E-state index contributed by atoms with van der Waals surface area (Å²) in [5.74, 6) is 0.701. The van der Waals surface area contributed by atoms with Crippen molar-refractivity contribution in [3.63, 3.8) is 0 Å². The number of carbonyl (C=O) groups is 1. The second-order valence-electron chi connectivity index (χ2n) is 9.27. The SMILES string of the molecule is C[C@]12C[C@@H](c3ccnc4ccc(F)cc34)CC1CN(CC(=O)Nc1ccc(Cl)cc1)C2. The van der Waals surface area contributed by atoms with Crippen molar-refractivity contribution in [1.82, 2.24) is 9.88 Å². The van der Waals surface area contributed by atoms with Gasteiger partial charge in [-0.25, -0.2) is 4.39 Å². The van der Waals surface area contributed by atoms with E-state index in [1.807, 2.05) is 24.4 Å². The van der Waals surface area contributed by atoms with Gasteiger partial charge in [0.2, 0.25) is 5.91 Å². The largest absolute Gasteiger partial charge is 0.325 e. The monoisotopic (exact) mass is 437 g/mol. The highest BCUT2D eigenvalue weighted by molar-refractivity contribution is 6.30. The molecule has 0 spiro atoms. The highest BCUT2D eigenvalue weighted by Gasteiger charge is 2.50. The normalized spacial score (nSPS) is 25.6. The van der Waals surface area contributed by atoms with Crippen LogP contribution in [-0.2, 0) is 4.79 Å². The van der Waals surface area contributed by atoms with Crippen molar-refractivity contribution in [3.8, 4) is 0 Å². The van der Waals surface area contributed by atoms with Gasteiger partial charge in [-0.2, -0.15) is 0 Å². The highest BCUT2D eigenvalue weighted by atomic mass is 35.5. The molecule has 2 aliphatic rings. The molecule has 1 aliphatic carbocycles. The minimum atomic E-state index is -0.218. The van der Waals surface area contributed by atoms with Crippen LogP contribution in [0.25, 0.3) is 10.9 Å². The Balaban J connectivity index is 1.25. The summed E-state index contributed by atoms with van der Waals surface area (Å²) in [6.45, 7) is 4.54. The molecule has 2 aromatic carbocycles. The zero-order valence-corrected chi connectivity index (χ0v) is 18.2. The van der Waals surface area contributed by atoms with E-state index in [1.54, 1.807) is 24.3 Å². The maximum absolute atomic E-state index is 13.9. The summed E-state index contributed by atoms with van der Waals surface area (Å²) >= 11 is 5.91. The molecule has 1 unspecified atom stereocenters. The second-order valence-corrected chi connectivity index (χ2v) is 9.71. The van der Waals surface area contributed by atoms with Crippen molar-refractivity contribution in [2.24, 2.45) is 11.3 Å². The number of hydrogen-bond acceptors (Lipinski definition) is 3. The third-order valence-corrected chi connectivity index (χ3v) is 7.26. The van der Waals surface area contributed by atoms with Gasteiger partial charge in [-0.15, -0.1) is 0 Å². The van der Waals surface area contributed by atoms with E-state index < -0.39 is 0 Å². The lowest BCUT2D eigenvalue weighted by Gasteiger charge is -2.24. The Bertz CT molecular complexity index is 1140. The predicted molar refractivity (Wildman–Crippen MR) is 122 cm³/mol. The van der Waals surface area contributed by atoms with Gasteiger partial charge in [-0.1, -0.05) is 18.5 Å². The van der Waals surface area contributed by atoms with Crippen molar-refractivity contribution >= 4 is 34.1 Å². The highest BCUT2D eigenvalue weighted by Crippen LogP contribution is 2.54. The third kappa shape index (κ3) is 4.04. The number of likely N-dealkylation sites (tertiary alicyclic amines) is 1. The Morgan fingerprint density at radius 2 is 2.06 bits per heavy atom. The summed E-state index contributed by atoms with van der Waals surface area (Å²) in [4.78, 5) is 19.2. The molecule has 2 fully saturated rings. The van der Waals surface area contributed by atoms with Crippen LogP contribution >= 0.6 is 11.6 Å². The van der Waals surface area contributed by atoms with E-state index in [4.69, 9.17) is 11.6 Å². The van der Waals surface area contributed by atoms with Crippen LogP contribution in [0, 0.1) is 17.2 Å². The molecule has 1 saturated heterocycles. The molecule has 2 heterocycles. The van der Waals surface area contributed by atoms with Crippen LogP contribution in [0.15, 0.2) is 54.7 Å². The van der Waals surface area contributed by atoms with Crippen LogP contribution in [0.2, 0.25) is 5.02 Å². The number of nitrogens with zero attached hydrogens (tertiary/aromatic N) is 2.